The second-order valence-electron chi connectivity index (χ2n) is 3.79. The van der Waals surface area contributed by atoms with E-state index in [0.717, 1.165) is 19.4 Å². The maximum atomic E-state index is 11.1. The largest absolute Gasteiger partial charge is 0.468 e. The van der Waals surface area contributed by atoms with Gasteiger partial charge in [-0.25, -0.2) is 4.79 Å². The molecule has 1 atom stereocenters. The van der Waals surface area contributed by atoms with Gasteiger partial charge >= 0.3 is 12.1 Å². The summed E-state index contributed by atoms with van der Waals surface area (Å²) in [7, 11) is 2.71. The molecule has 1 rings (SSSR count). The van der Waals surface area contributed by atoms with E-state index in [9.17, 15) is 9.59 Å². The van der Waals surface area contributed by atoms with Crippen LogP contribution in [0.15, 0.2) is 0 Å². The number of nitrogens with one attached hydrogen (secondary N) is 1. The molecule has 0 spiro atoms. The van der Waals surface area contributed by atoms with Crippen molar-refractivity contribution < 1.29 is 19.1 Å². The SMILES string of the molecule is COC(=O)CN1CCCC(NC(=O)OC)C1. The van der Waals surface area contributed by atoms with E-state index >= 15 is 0 Å². The Labute approximate surface area is 94.9 Å². The van der Waals surface area contributed by atoms with Crippen LogP contribution in [0.3, 0.4) is 0 Å². The summed E-state index contributed by atoms with van der Waals surface area (Å²) in [5.41, 5.74) is 0. The first-order valence-electron chi connectivity index (χ1n) is 5.29. The van der Waals surface area contributed by atoms with E-state index in [1.807, 2.05) is 4.90 Å². The van der Waals surface area contributed by atoms with Gasteiger partial charge in [0.2, 0.25) is 0 Å². The van der Waals surface area contributed by atoms with Crippen LogP contribution in [0, 0.1) is 0 Å². The number of likely N-dealkylation sites (tertiary alicyclic amines) is 1. The maximum Gasteiger partial charge on any atom is 0.407 e. The van der Waals surface area contributed by atoms with Crippen LogP contribution in [0.5, 0.6) is 0 Å². The average molecular weight is 230 g/mol. The quantitative estimate of drug-likeness (QED) is 0.690. The summed E-state index contributed by atoms with van der Waals surface area (Å²) in [5, 5.41) is 2.73. The molecule has 0 aromatic heterocycles. The molecular weight excluding hydrogens is 212 g/mol. The molecule has 0 aliphatic carbocycles. The Morgan fingerprint density at radius 3 is 2.75 bits per heavy atom. The van der Waals surface area contributed by atoms with Crippen molar-refractivity contribution in [1.82, 2.24) is 10.2 Å². The lowest BCUT2D eigenvalue weighted by Gasteiger charge is -2.31. The number of amides is 1. The smallest absolute Gasteiger partial charge is 0.407 e. The molecule has 0 bridgehead atoms. The number of carbonyl (C=O) groups is 2. The standard InChI is InChI=1S/C10H18N2O4/c1-15-9(13)7-12-5-3-4-8(6-12)11-10(14)16-2/h8H,3-7H2,1-2H3,(H,11,14). The van der Waals surface area contributed by atoms with Crippen LogP contribution in [-0.4, -0.2) is 56.9 Å². The molecule has 0 aromatic rings. The highest BCUT2D eigenvalue weighted by atomic mass is 16.5. The van der Waals surface area contributed by atoms with Gasteiger partial charge in [-0.1, -0.05) is 0 Å². The molecule has 16 heavy (non-hydrogen) atoms. The van der Waals surface area contributed by atoms with Crippen molar-refractivity contribution in [2.75, 3.05) is 33.9 Å². The topological polar surface area (TPSA) is 67.9 Å². The highest BCUT2D eigenvalue weighted by Crippen LogP contribution is 2.09. The molecule has 6 nitrogen and oxygen atoms in total. The summed E-state index contributed by atoms with van der Waals surface area (Å²) in [5.74, 6) is -0.251. The third-order valence-corrected chi connectivity index (χ3v) is 2.59. The normalized spacial score (nSPS) is 21.2. The first kappa shape index (κ1) is 12.8. The first-order valence-corrected chi connectivity index (χ1v) is 5.29. The van der Waals surface area contributed by atoms with Crippen molar-refractivity contribution in [3.05, 3.63) is 0 Å². The van der Waals surface area contributed by atoms with Gasteiger partial charge in [-0.3, -0.25) is 9.69 Å². The van der Waals surface area contributed by atoms with Gasteiger partial charge in [0.05, 0.1) is 20.8 Å². The molecule has 0 aromatic carbocycles. The number of ether oxygens (including phenoxy) is 2. The number of piperidine rings is 1. The number of hydrogen-bond donors (Lipinski definition) is 1. The van der Waals surface area contributed by atoms with Crippen molar-refractivity contribution in [3.63, 3.8) is 0 Å². The first-order chi connectivity index (χ1) is 7.65. The highest BCUT2D eigenvalue weighted by molar-refractivity contribution is 5.71. The summed E-state index contributed by atoms with van der Waals surface area (Å²) in [4.78, 5) is 24.1. The fourth-order valence-electron chi connectivity index (χ4n) is 1.79. The lowest BCUT2D eigenvalue weighted by molar-refractivity contribution is -0.142. The van der Waals surface area contributed by atoms with Gasteiger partial charge in [0, 0.05) is 12.6 Å². The molecule has 0 saturated carbocycles. The lowest BCUT2D eigenvalue weighted by atomic mass is 10.1. The summed E-state index contributed by atoms with van der Waals surface area (Å²) < 4.78 is 9.13. The van der Waals surface area contributed by atoms with Crippen LogP contribution in [-0.2, 0) is 14.3 Å². The minimum atomic E-state index is -0.426. The van der Waals surface area contributed by atoms with E-state index in [1.165, 1.54) is 14.2 Å². The second-order valence-corrected chi connectivity index (χ2v) is 3.79. The van der Waals surface area contributed by atoms with Gasteiger partial charge in [-0.15, -0.1) is 0 Å². The van der Waals surface area contributed by atoms with Gasteiger partial charge in [0.15, 0.2) is 0 Å². The number of alkyl carbamates (subject to hydrolysis) is 1. The summed E-state index contributed by atoms with van der Waals surface area (Å²) >= 11 is 0. The number of methoxy groups -OCH3 is 2. The van der Waals surface area contributed by atoms with Crippen molar-refractivity contribution in [2.45, 2.75) is 18.9 Å². The Morgan fingerprint density at radius 2 is 2.12 bits per heavy atom. The molecule has 1 aliphatic heterocycles. The molecule has 0 radical (unpaired) electrons. The Morgan fingerprint density at radius 1 is 1.38 bits per heavy atom. The van der Waals surface area contributed by atoms with Crippen molar-refractivity contribution in [3.8, 4) is 0 Å². The van der Waals surface area contributed by atoms with E-state index in [4.69, 9.17) is 0 Å². The minimum Gasteiger partial charge on any atom is -0.468 e. The average Bonchev–Trinajstić information content (AvgIpc) is 2.29. The predicted octanol–water partition coefficient (Wildman–Crippen LogP) is -0.0202. The summed E-state index contributed by atoms with van der Waals surface area (Å²) in [6.45, 7) is 1.79. The summed E-state index contributed by atoms with van der Waals surface area (Å²) in [6, 6.07) is 0.0471. The zero-order valence-corrected chi connectivity index (χ0v) is 9.69. The predicted molar refractivity (Wildman–Crippen MR) is 57.0 cm³/mol. The maximum absolute atomic E-state index is 11.1. The molecule has 1 unspecified atom stereocenters. The van der Waals surface area contributed by atoms with Crippen molar-refractivity contribution in [1.29, 1.82) is 0 Å². The van der Waals surface area contributed by atoms with Crippen LogP contribution < -0.4 is 5.32 Å². The molecule has 6 heteroatoms. The third-order valence-electron chi connectivity index (χ3n) is 2.59. The molecule has 92 valence electrons. The molecule has 1 aliphatic rings. The third kappa shape index (κ3) is 4.06. The van der Waals surface area contributed by atoms with E-state index < -0.39 is 6.09 Å². The van der Waals surface area contributed by atoms with Crippen LogP contribution in [0.1, 0.15) is 12.8 Å². The van der Waals surface area contributed by atoms with Gasteiger partial charge < -0.3 is 14.8 Å². The molecular formula is C10H18N2O4. The monoisotopic (exact) mass is 230 g/mol. The fraction of sp³-hybridized carbons (Fsp3) is 0.800. The van der Waals surface area contributed by atoms with Gasteiger partial charge in [-0.2, -0.15) is 0 Å². The lowest BCUT2D eigenvalue weighted by Crippen LogP contribution is -2.49. The van der Waals surface area contributed by atoms with E-state index in [0.29, 0.717) is 6.54 Å². The minimum absolute atomic E-state index is 0.0471. The Kier molecular flexibility index (Phi) is 5.04. The van der Waals surface area contributed by atoms with Crippen LogP contribution in [0.2, 0.25) is 0 Å². The molecule has 1 amide bonds. The van der Waals surface area contributed by atoms with E-state index in [2.05, 4.69) is 14.8 Å². The number of hydrogen-bond acceptors (Lipinski definition) is 5. The van der Waals surface area contributed by atoms with Gasteiger partial charge in [0.25, 0.3) is 0 Å². The number of rotatable bonds is 3. The second kappa shape index (κ2) is 6.32. The molecule has 1 heterocycles. The Bertz CT molecular complexity index is 233. The highest BCUT2D eigenvalue weighted by Gasteiger charge is 2.23. The van der Waals surface area contributed by atoms with Crippen LogP contribution in [0.4, 0.5) is 4.79 Å². The molecule has 1 fully saturated rings. The number of esters is 1. The Balaban J connectivity index is 2.35. The zero-order chi connectivity index (χ0) is 12.0. The summed E-state index contributed by atoms with van der Waals surface area (Å²) in [6.07, 6.45) is 1.43. The van der Waals surface area contributed by atoms with E-state index in [1.54, 1.807) is 0 Å². The number of nitrogens with zero attached hydrogens (tertiary/aromatic N) is 1. The zero-order valence-electron chi connectivity index (χ0n) is 9.69. The van der Waals surface area contributed by atoms with Gasteiger partial charge in [-0.05, 0) is 19.4 Å². The molecule has 1 N–H and O–H groups in total. The van der Waals surface area contributed by atoms with Crippen LogP contribution >= 0.6 is 0 Å². The van der Waals surface area contributed by atoms with E-state index in [-0.39, 0.29) is 18.6 Å². The fourth-order valence-corrected chi connectivity index (χ4v) is 1.79. The Hall–Kier alpha value is -1.30. The van der Waals surface area contributed by atoms with Crippen LogP contribution in [0.25, 0.3) is 0 Å². The number of carbonyl (C=O) groups excluding carboxylic acids is 2. The van der Waals surface area contributed by atoms with Gasteiger partial charge in [0.1, 0.15) is 0 Å². The van der Waals surface area contributed by atoms with Crippen molar-refractivity contribution >= 4 is 12.1 Å². The van der Waals surface area contributed by atoms with Crippen molar-refractivity contribution in [2.24, 2.45) is 0 Å². The molecule has 1 saturated heterocycles.